The Bertz CT molecular complexity index is 1210. The van der Waals surface area contributed by atoms with Crippen molar-refractivity contribution in [2.45, 2.75) is 58.8 Å². The van der Waals surface area contributed by atoms with Crippen LogP contribution in [0.2, 0.25) is 5.02 Å². The zero-order chi connectivity index (χ0) is 25.3. The molecule has 10 heteroatoms. The summed E-state index contributed by atoms with van der Waals surface area (Å²) in [5, 5.41) is -0.571. The molecule has 35 heavy (non-hydrogen) atoms. The van der Waals surface area contributed by atoms with E-state index < -0.39 is 22.7 Å². The highest BCUT2D eigenvalue weighted by Gasteiger charge is 2.38. The predicted molar refractivity (Wildman–Crippen MR) is 125 cm³/mol. The Hall–Kier alpha value is -2.94. The molecule has 186 valence electrons. The van der Waals surface area contributed by atoms with Crippen LogP contribution in [-0.2, 0) is 19.1 Å². The number of carbonyl (C=O) groups is 1. The van der Waals surface area contributed by atoms with Crippen molar-refractivity contribution in [2.75, 3.05) is 6.54 Å². The maximum Gasteiger partial charge on any atom is 0.417 e. The molecule has 3 aromatic rings. The monoisotopic (exact) mass is 506 g/mol. The highest BCUT2D eigenvalue weighted by Crippen LogP contribution is 2.37. The van der Waals surface area contributed by atoms with E-state index in [0.29, 0.717) is 24.7 Å². The first kappa shape index (κ1) is 25.2. The van der Waals surface area contributed by atoms with Crippen LogP contribution < -0.4 is 4.57 Å². The molecule has 1 unspecified atom stereocenters. The lowest BCUT2D eigenvalue weighted by Crippen LogP contribution is -2.47. The van der Waals surface area contributed by atoms with Crippen molar-refractivity contribution in [3.8, 4) is 5.82 Å². The van der Waals surface area contributed by atoms with Crippen molar-refractivity contribution in [2.24, 2.45) is 5.92 Å². The summed E-state index contributed by atoms with van der Waals surface area (Å²) in [6.07, 6.45) is 4.82. The third kappa shape index (κ3) is 4.91. The van der Waals surface area contributed by atoms with Crippen LogP contribution in [0.4, 0.5) is 13.2 Å². The number of aromatic nitrogens is 4. The molecule has 1 aromatic carbocycles. The van der Waals surface area contributed by atoms with Crippen molar-refractivity contribution in [3.05, 3.63) is 70.7 Å². The largest absolute Gasteiger partial charge is 0.417 e. The zero-order valence-electron chi connectivity index (χ0n) is 19.9. The summed E-state index contributed by atoms with van der Waals surface area (Å²) in [6.45, 7) is 7.13. The average molecular weight is 507 g/mol. The average Bonchev–Trinajstić information content (AvgIpc) is 3.20. The van der Waals surface area contributed by atoms with E-state index in [9.17, 15) is 18.0 Å². The molecule has 0 radical (unpaired) electrons. The maximum absolute atomic E-state index is 13.4. The van der Waals surface area contributed by atoms with Gasteiger partial charge in [0.15, 0.2) is 5.69 Å². The summed E-state index contributed by atoms with van der Waals surface area (Å²) >= 11 is 6.06. The Balaban J connectivity index is 1.75. The molecule has 2 aromatic heterocycles. The van der Waals surface area contributed by atoms with Gasteiger partial charge in [0.25, 0.3) is 12.2 Å². The summed E-state index contributed by atoms with van der Waals surface area (Å²) in [5.41, 5.74) is 0.807. The Morgan fingerprint density at radius 1 is 1.26 bits per heavy atom. The highest BCUT2D eigenvalue weighted by atomic mass is 35.5. The molecule has 1 amide bonds. The molecule has 0 saturated carbocycles. The molecule has 0 spiro atoms. The molecule has 0 bridgehead atoms. The van der Waals surface area contributed by atoms with E-state index in [0.717, 1.165) is 30.3 Å². The summed E-state index contributed by atoms with van der Waals surface area (Å²) in [7, 11) is 0. The van der Waals surface area contributed by atoms with E-state index in [1.807, 2.05) is 10.9 Å². The molecular weight excluding hydrogens is 479 g/mol. The van der Waals surface area contributed by atoms with Crippen LogP contribution in [-0.4, -0.2) is 31.9 Å². The molecule has 3 heterocycles. The molecule has 0 aliphatic carbocycles. The fraction of sp³-hybridized carbons (Fsp3) is 0.440. The Labute approximate surface area is 207 Å². The third-order valence-corrected chi connectivity index (χ3v) is 6.87. The molecule has 1 aliphatic rings. The first-order chi connectivity index (χ1) is 16.6. The van der Waals surface area contributed by atoms with Crippen LogP contribution in [0, 0.1) is 5.92 Å². The summed E-state index contributed by atoms with van der Waals surface area (Å²) in [5.74, 6) is 0.484. The number of hydrogen-bond acceptors (Lipinski definition) is 3. The Morgan fingerprint density at radius 3 is 2.66 bits per heavy atom. The quantitative estimate of drug-likeness (QED) is 0.419. The van der Waals surface area contributed by atoms with Crippen molar-refractivity contribution in [1.29, 1.82) is 0 Å². The number of halogens is 4. The van der Waals surface area contributed by atoms with Crippen LogP contribution in [0.3, 0.4) is 0 Å². The first-order valence-electron chi connectivity index (χ1n) is 11.7. The number of rotatable bonds is 6. The molecule has 6 nitrogen and oxygen atoms in total. The van der Waals surface area contributed by atoms with Gasteiger partial charge in [0, 0.05) is 25.4 Å². The number of alkyl halides is 3. The lowest BCUT2D eigenvalue weighted by Gasteiger charge is -2.27. The van der Waals surface area contributed by atoms with Crippen molar-refractivity contribution in [3.63, 3.8) is 0 Å². The van der Waals surface area contributed by atoms with Crippen LogP contribution in [0.25, 0.3) is 5.82 Å². The second kappa shape index (κ2) is 9.97. The van der Waals surface area contributed by atoms with Gasteiger partial charge in [-0.3, -0.25) is 9.78 Å². The number of fused-ring (bicyclic) bond motifs is 1. The predicted octanol–water partition coefficient (Wildman–Crippen LogP) is 5.42. The number of imidazole rings is 1. The van der Waals surface area contributed by atoms with Gasteiger partial charge in [-0.2, -0.15) is 17.7 Å². The van der Waals surface area contributed by atoms with E-state index in [1.54, 1.807) is 23.5 Å². The normalized spacial score (nSPS) is 14.8. The van der Waals surface area contributed by atoms with Crippen LogP contribution in [0.15, 0.2) is 43.1 Å². The van der Waals surface area contributed by atoms with Gasteiger partial charge < -0.3 is 4.90 Å². The minimum Gasteiger partial charge on any atom is -0.330 e. The molecule has 0 fully saturated rings. The van der Waals surface area contributed by atoms with Gasteiger partial charge in [-0.25, -0.2) is 9.55 Å². The van der Waals surface area contributed by atoms with Crippen molar-refractivity contribution < 1.29 is 22.5 Å². The SMILES string of the molecule is CCCC(C(C)C)[n+]1cn(-c2cnccn2)c2c1CCN(C(=O)c1cccc(C(F)(F)F)c1Cl)C2. The van der Waals surface area contributed by atoms with Gasteiger partial charge >= 0.3 is 6.18 Å². The van der Waals surface area contributed by atoms with Crippen LogP contribution >= 0.6 is 11.6 Å². The van der Waals surface area contributed by atoms with Gasteiger partial charge in [-0.1, -0.05) is 44.9 Å². The van der Waals surface area contributed by atoms with E-state index >= 15 is 0 Å². The van der Waals surface area contributed by atoms with Crippen LogP contribution in [0.1, 0.15) is 67.0 Å². The minimum atomic E-state index is -4.64. The molecule has 0 saturated heterocycles. The van der Waals surface area contributed by atoms with E-state index in [4.69, 9.17) is 11.6 Å². The van der Waals surface area contributed by atoms with Gasteiger partial charge in [-0.15, -0.1) is 0 Å². The van der Waals surface area contributed by atoms with E-state index in [-0.39, 0.29) is 18.2 Å². The van der Waals surface area contributed by atoms with Crippen molar-refractivity contribution >= 4 is 17.5 Å². The minimum absolute atomic E-state index is 0.151. The summed E-state index contributed by atoms with van der Waals surface area (Å²) in [4.78, 5) is 23.5. The van der Waals surface area contributed by atoms with E-state index in [2.05, 4.69) is 35.3 Å². The summed E-state index contributed by atoms with van der Waals surface area (Å²) < 4.78 is 44.3. The number of nitrogens with zero attached hydrogens (tertiary/aromatic N) is 5. The van der Waals surface area contributed by atoms with Gasteiger partial charge in [0.1, 0.15) is 11.7 Å². The number of amides is 1. The first-order valence-corrected chi connectivity index (χ1v) is 12.1. The van der Waals surface area contributed by atoms with Crippen LogP contribution in [0.5, 0.6) is 0 Å². The highest BCUT2D eigenvalue weighted by molar-refractivity contribution is 6.34. The fourth-order valence-electron chi connectivity index (χ4n) is 4.74. The number of carbonyl (C=O) groups excluding carboxylic acids is 1. The van der Waals surface area contributed by atoms with Gasteiger partial charge in [0.2, 0.25) is 5.82 Å². The topological polar surface area (TPSA) is 54.9 Å². The number of hydrogen-bond donors (Lipinski definition) is 0. The lowest BCUT2D eigenvalue weighted by atomic mass is 9.98. The molecule has 1 aliphatic heterocycles. The molecule has 4 rings (SSSR count). The Kier molecular flexibility index (Phi) is 7.17. The zero-order valence-corrected chi connectivity index (χ0v) is 20.6. The third-order valence-electron chi connectivity index (χ3n) is 6.46. The smallest absolute Gasteiger partial charge is 0.330 e. The van der Waals surface area contributed by atoms with Gasteiger partial charge in [-0.05, 0) is 24.5 Å². The number of benzene rings is 1. The Morgan fingerprint density at radius 2 is 2.03 bits per heavy atom. The van der Waals surface area contributed by atoms with Crippen molar-refractivity contribution in [1.82, 2.24) is 19.4 Å². The van der Waals surface area contributed by atoms with E-state index in [1.165, 1.54) is 12.1 Å². The fourth-order valence-corrected chi connectivity index (χ4v) is 5.06. The molecule has 1 atom stereocenters. The lowest BCUT2D eigenvalue weighted by molar-refractivity contribution is -0.736. The molecule has 0 N–H and O–H groups in total. The van der Waals surface area contributed by atoms with Gasteiger partial charge in [0.05, 0.1) is 28.9 Å². The second-order valence-corrected chi connectivity index (χ2v) is 9.47. The standard InChI is InChI=1S/C25H28ClF3N5O/c1-4-6-19(16(2)3)33-15-34(22-13-30-10-11-31-22)21-14-32(12-9-20(21)33)24(35)17-7-5-8-18(23(17)26)25(27,28)29/h5,7-8,10-11,13,15-16,19H,4,6,9,12,14H2,1-3H3/q+1. The maximum atomic E-state index is 13.4. The summed E-state index contributed by atoms with van der Waals surface area (Å²) in [6, 6.07) is 3.71. The second-order valence-electron chi connectivity index (χ2n) is 9.09. The molecular formula is C25H28ClF3N5O+.